The molecule has 0 aliphatic carbocycles. The average molecular weight is 222 g/mol. The van der Waals surface area contributed by atoms with E-state index in [9.17, 15) is 9.18 Å². The van der Waals surface area contributed by atoms with Gasteiger partial charge in [0.25, 0.3) is 0 Å². The van der Waals surface area contributed by atoms with Gasteiger partial charge in [-0.15, -0.1) is 0 Å². The monoisotopic (exact) mass is 222 g/mol. The largest absolute Gasteiger partial charge is 0.458 e. The van der Waals surface area contributed by atoms with Gasteiger partial charge in [-0.25, -0.2) is 9.18 Å². The van der Waals surface area contributed by atoms with Crippen molar-refractivity contribution in [3.05, 3.63) is 34.6 Å². The van der Waals surface area contributed by atoms with Gasteiger partial charge in [-0.1, -0.05) is 25.5 Å². The second-order valence-electron chi connectivity index (χ2n) is 4.25. The molecule has 0 saturated carbocycles. The molecule has 16 heavy (non-hydrogen) atoms. The van der Waals surface area contributed by atoms with Gasteiger partial charge in [0.15, 0.2) is 0 Å². The van der Waals surface area contributed by atoms with E-state index in [1.165, 1.54) is 0 Å². The zero-order valence-electron chi connectivity index (χ0n) is 9.55. The van der Waals surface area contributed by atoms with E-state index in [4.69, 9.17) is 4.74 Å². The van der Waals surface area contributed by atoms with Crippen molar-refractivity contribution in [1.29, 1.82) is 0 Å². The second kappa shape index (κ2) is 4.24. The fourth-order valence-corrected chi connectivity index (χ4v) is 2.09. The molecule has 0 radical (unpaired) electrons. The Morgan fingerprint density at radius 2 is 2.25 bits per heavy atom. The quantitative estimate of drug-likeness (QED) is 0.719. The van der Waals surface area contributed by atoms with Crippen LogP contribution >= 0.6 is 0 Å². The Morgan fingerprint density at radius 1 is 1.50 bits per heavy atom. The Hall–Kier alpha value is -1.38. The molecule has 1 atom stereocenters. The normalized spacial score (nSPS) is 19.2. The van der Waals surface area contributed by atoms with Gasteiger partial charge in [-0.05, 0) is 24.5 Å². The molecule has 0 amide bonds. The topological polar surface area (TPSA) is 26.3 Å². The van der Waals surface area contributed by atoms with E-state index in [2.05, 4.69) is 0 Å². The molecule has 1 aromatic rings. The number of carbonyl (C=O) groups is 1. The lowest BCUT2D eigenvalue weighted by molar-refractivity contribution is 0.0229. The molecule has 0 bridgehead atoms. The minimum atomic E-state index is -0.513. The number of esters is 1. The highest BCUT2D eigenvalue weighted by atomic mass is 19.1. The number of hydrogen-bond donors (Lipinski definition) is 0. The Morgan fingerprint density at radius 3 is 2.94 bits per heavy atom. The highest BCUT2D eigenvalue weighted by molar-refractivity contribution is 5.92. The van der Waals surface area contributed by atoms with Crippen LogP contribution in [-0.4, -0.2) is 12.1 Å². The summed E-state index contributed by atoms with van der Waals surface area (Å²) in [7, 11) is 0. The zero-order chi connectivity index (χ0) is 11.7. The van der Waals surface area contributed by atoms with Gasteiger partial charge in [0.05, 0.1) is 5.56 Å². The number of fused-ring (bicyclic) bond motifs is 1. The van der Waals surface area contributed by atoms with Crippen molar-refractivity contribution >= 4 is 5.97 Å². The predicted molar refractivity (Wildman–Crippen MR) is 59.0 cm³/mol. The number of aryl methyl sites for hydroxylation is 1. The molecule has 0 fully saturated rings. The Bertz CT molecular complexity index is 426. The van der Waals surface area contributed by atoms with E-state index in [1.807, 2.05) is 13.0 Å². The lowest BCUT2D eigenvalue weighted by atomic mass is 9.94. The summed E-state index contributed by atoms with van der Waals surface area (Å²) in [5.74, 6) is -0.946. The summed E-state index contributed by atoms with van der Waals surface area (Å²) in [5, 5.41) is 0. The molecule has 1 aliphatic rings. The van der Waals surface area contributed by atoms with Gasteiger partial charge in [0.1, 0.15) is 11.9 Å². The lowest BCUT2D eigenvalue weighted by Gasteiger charge is -2.25. The van der Waals surface area contributed by atoms with Crippen molar-refractivity contribution in [2.45, 2.75) is 39.2 Å². The van der Waals surface area contributed by atoms with Crippen molar-refractivity contribution in [2.75, 3.05) is 0 Å². The third kappa shape index (κ3) is 1.82. The van der Waals surface area contributed by atoms with E-state index in [-0.39, 0.29) is 11.7 Å². The maximum Gasteiger partial charge on any atom is 0.341 e. The molecule has 1 aliphatic heterocycles. The predicted octanol–water partition coefficient (Wildman–Crippen LogP) is 3.02. The Kier molecular flexibility index (Phi) is 2.95. The molecule has 1 heterocycles. The summed E-state index contributed by atoms with van der Waals surface area (Å²) in [6.07, 6.45) is 2.33. The van der Waals surface area contributed by atoms with Crippen LogP contribution < -0.4 is 0 Å². The molecule has 1 aromatic carbocycles. The first-order chi connectivity index (χ1) is 7.63. The number of hydrogen-bond acceptors (Lipinski definition) is 2. The van der Waals surface area contributed by atoms with Crippen LogP contribution in [0.3, 0.4) is 0 Å². The van der Waals surface area contributed by atoms with E-state index >= 15 is 0 Å². The van der Waals surface area contributed by atoms with Crippen molar-refractivity contribution < 1.29 is 13.9 Å². The van der Waals surface area contributed by atoms with Gasteiger partial charge in [-0.3, -0.25) is 0 Å². The van der Waals surface area contributed by atoms with Crippen molar-refractivity contribution in [3.63, 3.8) is 0 Å². The molecule has 1 unspecified atom stereocenters. The fraction of sp³-hybridized carbons (Fsp3) is 0.462. The lowest BCUT2D eigenvalue weighted by Crippen LogP contribution is -2.28. The number of ether oxygens (including phenoxy) is 1. The second-order valence-corrected chi connectivity index (χ2v) is 4.25. The van der Waals surface area contributed by atoms with Crippen molar-refractivity contribution in [1.82, 2.24) is 0 Å². The Balaban J connectivity index is 2.38. The SMILES string of the molecule is CCCC1Cc2ccc(C)c(F)c2C(=O)O1. The summed E-state index contributed by atoms with van der Waals surface area (Å²) in [5.41, 5.74) is 1.40. The average Bonchev–Trinajstić information content (AvgIpc) is 2.23. The molecule has 3 heteroatoms. The summed E-state index contributed by atoms with van der Waals surface area (Å²) in [6, 6.07) is 3.55. The third-order valence-corrected chi connectivity index (χ3v) is 2.96. The smallest absolute Gasteiger partial charge is 0.341 e. The number of rotatable bonds is 2. The van der Waals surface area contributed by atoms with E-state index < -0.39 is 11.8 Å². The molecule has 2 nitrogen and oxygen atoms in total. The minimum absolute atomic E-state index is 0.0906. The van der Waals surface area contributed by atoms with Gasteiger partial charge >= 0.3 is 5.97 Å². The summed E-state index contributed by atoms with van der Waals surface area (Å²) < 4.78 is 19.0. The summed E-state index contributed by atoms with van der Waals surface area (Å²) in [6.45, 7) is 3.69. The van der Waals surface area contributed by atoms with Crippen LogP contribution in [0, 0.1) is 12.7 Å². The standard InChI is InChI=1S/C13H15FO2/c1-3-4-10-7-9-6-5-8(2)12(14)11(9)13(15)16-10/h5-6,10H,3-4,7H2,1-2H3. The van der Waals surface area contributed by atoms with E-state index in [0.717, 1.165) is 18.4 Å². The van der Waals surface area contributed by atoms with E-state index in [1.54, 1.807) is 13.0 Å². The molecule has 0 spiro atoms. The van der Waals surface area contributed by atoms with Crippen LogP contribution in [0.15, 0.2) is 12.1 Å². The van der Waals surface area contributed by atoms with E-state index in [0.29, 0.717) is 12.0 Å². The molecule has 0 N–H and O–H groups in total. The number of cyclic esters (lactones) is 1. The van der Waals surface area contributed by atoms with Crippen LogP contribution in [0.25, 0.3) is 0 Å². The van der Waals surface area contributed by atoms with Gasteiger partial charge in [0, 0.05) is 6.42 Å². The van der Waals surface area contributed by atoms with Gasteiger partial charge < -0.3 is 4.74 Å². The molecule has 2 rings (SSSR count). The first-order valence-electron chi connectivity index (χ1n) is 5.62. The minimum Gasteiger partial charge on any atom is -0.458 e. The highest BCUT2D eigenvalue weighted by Gasteiger charge is 2.29. The first-order valence-corrected chi connectivity index (χ1v) is 5.62. The fourth-order valence-electron chi connectivity index (χ4n) is 2.09. The molecule has 0 saturated heterocycles. The van der Waals surface area contributed by atoms with Crippen LogP contribution in [0.4, 0.5) is 4.39 Å². The van der Waals surface area contributed by atoms with Crippen LogP contribution in [0.2, 0.25) is 0 Å². The van der Waals surface area contributed by atoms with Crippen molar-refractivity contribution in [2.24, 2.45) is 0 Å². The number of carbonyl (C=O) groups excluding carboxylic acids is 1. The van der Waals surface area contributed by atoms with Crippen molar-refractivity contribution in [3.8, 4) is 0 Å². The number of benzene rings is 1. The molecular weight excluding hydrogens is 207 g/mol. The van der Waals surface area contributed by atoms with Crippen LogP contribution in [-0.2, 0) is 11.2 Å². The van der Waals surface area contributed by atoms with Gasteiger partial charge in [-0.2, -0.15) is 0 Å². The highest BCUT2D eigenvalue weighted by Crippen LogP contribution is 2.26. The maximum atomic E-state index is 13.7. The molecule has 86 valence electrons. The van der Waals surface area contributed by atoms with Gasteiger partial charge in [0.2, 0.25) is 0 Å². The molecular formula is C13H15FO2. The zero-order valence-corrected chi connectivity index (χ0v) is 9.55. The summed E-state index contributed by atoms with van der Waals surface area (Å²) >= 11 is 0. The Labute approximate surface area is 94.4 Å². The number of halogens is 1. The first kappa shape index (κ1) is 11.1. The van der Waals surface area contributed by atoms with Crippen LogP contribution in [0.1, 0.15) is 41.3 Å². The molecule has 0 aromatic heterocycles. The summed E-state index contributed by atoms with van der Waals surface area (Å²) in [4.78, 5) is 11.7. The van der Waals surface area contributed by atoms with Crippen LogP contribution in [0.5, 0.6) is 0 Å². The third-order valence-electron chi connectivity index (χ3n) is 2.96. The maximum absolute atomic E-state index is 13.7.